The Balaban J connectivity index is 1.40. The number of hydrogen-bond acceptors (Lipinski definition) is 4. The summed E-state index contributed by atoms with van der Waals surface area (Å²) in [5.41, 5.74) is 5.00. The maximum absolute atomic E-state index is 12.1. The fourth-order valence-electron chi connectivity index (χ4n) is 3.09. The van der Waals surface area contributed by atoms with E-state index in [-0.39, 0.29) is 18.9 Å². The summed E-state index contributed by atoms with van der Waals surface area (Å²) in [6.07, 6.45) is 3.40. The van der Waals surface area contributed by atoms with E-state index in [2.05, 4.69) is 17.4 Å². The lowest BCUT2D eigenvalue weighted by Gasteiger charge is -2.07. The number of ether oxygens (including phenoxy) is 1. The third-order valence-electron chi connectivity index (χ3n) is 4.85. The predicted molar refractivity (Wildman–Crippen MR) is 108 cm³/mol. The molecular weight excluding hydrogens is 354 g/mol. The van der Waals surface area contributed by atoms with Gasteiger partial charge in [-0.1, -0.05) is 42.5 Å². The molecule has 0 radical (unpaired) electrons. The molecule has 1 aromatic heterocycles. The van der Waals surface area contributed by atoms with E-state index in [1.165, 1.54) is 5.56 Å². The molecule has 3 rings (SSSR count). The lowest BCUT2D eigenvalue weighted by atomic mass is 10.0. The third-order valence-corrected chi connectivity index (χ3v) is 4.85. The molecular formula is C23H25NO4. The third kappa shape index (κ3) is 5.00. The molecule has 0 saturated heterocycles. The number of furan rings is 1. The van der Waals surface area contributed by atoms with E-state index in [0.717, 1.165) is 40.5 Å². The van der Waals surface area contributed by atoms with Crippen LogP contribution in [0.3, 0.4) is 0 Å². The van der Waals surface area contributed by atoms with Crippen LogP contribution in [0.1, 0.15) is 28.7 Å². The van der Waals surface area contributed by atoms with Gasteiger partial charge < -0.3 is 14.5 Å². The van der Waals surface area contributed by atoms with Crippen molar-refractivity contribution in [3.05, 3.63) is 71.0 Å². The zero-order valence-corrected chi connectivity index (χ0v) is 16.3. The van der Waals surface area contributed by atoms with Crippen molar-refractivity contribution in [3.63, 3.8) is 0 Å². The van der Waals surface area contributed by atoms with Crippen molar-refractivity contribution in [1.82, 2.24) is 5.32 Å². The largest absolute Gasteiger partial charge is 0.464 e. The van der Waals surface area contributed by atoms with Gasteiger partial charge >= 0.3 is 5.97 Å². The van der Waals surface area contributed by atoms with E-state index in [1.54, 1.807) is 6.26 Å². The van der Waals surface area contributed by atoms with Gasteiger partial charge in [0.2, 0.25) is 0 Å². The summed E-state index contributed by atoms with van der Waals surface area (Å²) >= 11 is 0. The first-order valence-electron chi connectivity index (χ1n) is 9.47. The molecule has 0 bridgehead atoms. The fraction of sp³-hybridized carbons (Fsp3) is 0.304. The van der Waals surface area contributed by atoms with Gasteiger partial charge in [-0.25, -0.2) is 0 Å². The van der Waals surface area contributed by atoms with E-state index in [9.17, 15) is 9.59 Å². The van der Waals surface area contributed by atoms with E-state index < -0.39 is 5.97 Å². The van der Waals surface area contributed by atoms with Crippen molar-refractivity contribution in [2.45, 2.75) is 33.1 Å². The van der Waals surface area contributed by atoms with Gasteiger partial charge in [0.15, 0.2) is 6.61 Å². The number of aryl methyl sites for hydroxylation is 3. The molecule has 0 aliphatic rings. The highest BCUT2D eigenvalue weighted by molar-refractivity contribution is 5.89. The number of carbonyl (C=O) groups is 2. The minimum Gasteiger partial charge on any atom is -0.464 e. The highest BCUT2D eigenvalue weighted by Crippen LogP contribution is 2.26. The Morgan fingerprint density at radius 3 is 2.64 bits per heavy atom. The van der Waals surface area contributed by atoms with Crippen LogP contribution >= 0.6 is 0 Å². The molecule has 0 fully saturated rings. The Labute approximate surface area is 164 Å². The highest BCUT2D eigenvalue weighted by atomic mass is 16.5. The Morgan fingerprint density at radius 1 is 1.07 bits per heavy atom. The van der Waals surface area contributed by atoms with Gasteiger partial charge in [0.05, 0.1) is 12.7 Å². The summed E-state index contributed by atoms with van der Waals surface area (Å²) < 4.78 is 10.7. The molecule has 146 valence electrons. The summed E-state index contributed by atoms with van der Waals surface area (Å²) in [6, 6.07) is 14.1. The van der Waals surface area contributed by atoms with E-state index >= 15 is 0 Å². The average molecular weight is 379 g/mol. The molecule has 1 N–H and O–H groups in total. The van der Waals surface area contributed by atoms with Crippen LogP contribution in [-0.4, -0.2) is 25.0 Å². The summed E-state index contributed by atoms with van der Waals surface area (Å²) in [4.78, 5) is 23.9. The first-order chi connectivity index (χ1) is 13.5. The number of rotatable bonds is 8. The molecule has 0 aliphatic carbocycles. The van der Waals surface area contributed by atoms with E-state index in [0.29, 0.717) is 6.54 Å². The van der Waals surface area contributed by atoms with Crippen LogP contribution in [-0.2, 0) is 27.2 Å². The van der Waals surface area contributed by atoms with Crippen LogP contribution in [0.5, 0.6) is 0 Å². The van der Waals surface area contributed by atoms with E-state index in [1.807, 2.05) is 44.2 Å². The Hall–Kier alpha value is -3.08. The van der Waals surface area contributed by atoms with Gasteiger partial charge in [-0.05, 0) is 43.4 Å². The lowest BCUT2D eigenvalue weighted by molar-refractivity contribution is -0.147. The molecule has 5 heteroatoms. The molecule has 1 amide bonds. The minimum absolute atomic E-state index is 0.0801. The smallest absolute Gasteiger partial charge is 0.310 e. The topological polar surface area (TPSA) is 68.5 Å². The summed E-state index contributed by atoms with van der Waals surface area (Å²) in [5, 5.41) is 3.68. The molecule has 2 aromatic carbocycles. The maximum atomic E-state index is 12.1. The Kier molecular flexibility index (Phi) is 6.48. The molecule has 1 heterocycles. The monoisotopic (exact) mass is 379 g/mol. The second kappa shape index (κ2) is 9.22. The zero-order chi connectivity index (χ0) is 19.9. The van der Waals surface area contributed by atoms with Crippen LogP contribution in [0, 0.1) is 13.8 Å². The van der Waals surface area contributed by atoms with Crippen molar-refractivity contribution in [2.75, 3.05) is 13.2 Å². The van der Waals surface area contributed by atoms with Gasteiger partial charge in [0.25, 0.3) is 5.91 Å². The number of esters is 1. The highest BCUT2D eigenvalue weighted by Gasteiger charge is 2.14. The number of benzene rings is 2. The van der Waals surface area contributed by atoms with Gasteiger partial charge in [-0.3, -0.25) is 9.59 Å². The Morgan fingerprint density at radius 2 is 1.86 bits per heavy atom. The quantitative estimate of drug-likeness (QED) is 0.476. The summed E-state index contributed by atoms with van der Waals surface area (Å²) in [7, 11) is 0. The summed E-state index contributed by atoms with van der Waals surface area (Å²) in [5.74, 6) is -0.731. The van der Waals surface area contributed by atoms with Crippen molar-refractivity contribution >= 4 is 22.8 Å². The molecule has 0 aliphatic heterocycles. The van der Waals surface area contributed by atoms with Gasteiger partial charge in [0, 0.05) is 17.5 Å². The second-order valence-electron chi connectivity index (χ2n) is 6.92. The average Bonchev–Trinajstić information content (AvgIpc) is 3.10. The lowest BCUT2D eigenvalue weighted by Crippen LogP contribution is -2.30. The minimum atomic E-state index is -0.444. The zero-order valence-electron chi connectivity index (χ0n) is 16.3. The van der Waals surface area contributed by atoms with Gasteiger partial charge in [-0.2, -0.15) is 0 Å². The van der Waals surface area contributed by atoms with Crippen LogP contribution in [0.2, 0.25) is 0 Å². The SMILES string of the molecule is Cc1ccc2c(CC(=O)OCC(=O)NCCCc3ccccc3)coc2c1C. The number of fused-ring (bicyclic) bond motifs is 1. The molecule has 0 saturated carbocycles. The van der Waals surface area contributed by atoms with Crippen LogP contribution in [0.4, 0.5) is 0 Å². The molecule has 28 heavy (non-hydrogen) atoms. The van der Waals surface area contributed by atoms with Crippen LogP contribution < -0.4 is 5.32 Å². The first-order valence-corrected chi connectivity index (χ1v) is 9.47. The van der Waals surface area contributed by atoms with Gasteiger partial charge in [-0.15, -0.1) is 0 Å². The number of carbonyl (C=O) groups excluding carboxylic acids is 2. The predicted octanol–water partition coefficient (Wildman–Crippen LogP) is 3.88. The van der Waals surface area contributed by atoms with Crippen LogP contribution in [0.15, 0.2) is 53.1 Å². The number of nitrogens with one attached hydrogen (secondary N) is 1. The molecule has 5 nitrogen and oxygen atoms in total. The first kappa shape index (κ1) is 19.7. The Bertz CT molecular complexity index is 959. The van der Waals surface area contributed by atoms with Crippen molar-refractivity contribution in [1.29, 1.82) is 0 Å². The summed E-state index contributed by atoms with van der Waals surface area (Å²) in [6.45, 7) is 4.30. The molecule has 0 spiro atoms. The van der Waals surface area contributed by atoms with E-state index in [4.69, 9.17) is 9.15 Å². The van der Waals surface area contributed by atoms with Crippen molar-refractivity contribution < 1.29 is 18.7 Å². The molecule has 3 aromatic rings. The van der Waals surface area contributed by atoms with Crippen molar-refractivity contribution in [3.8, 4) is 0 Å². The number of amides is 1. The fourth-order valence-corrected chi connectivity index (χ4v) is 3.09. The number of hydrogen-bond donors (Lipinski definition) is 1. The standard InChI is InChI=1S/C23H25NO4/c1-16-10-11-20-19(14-28-23(20)17(16)2)13-22(26)27-15-21(25)24-12-6-9-18-7-4-3-5-8-18/h3-5,7-8,10-11,14H,6,9,12-13,15H2,1-2H3,(H,24,25). The van der Waals surface area contributed by atoms with Gasteiger partial charge in [0.1, 0.15) is 5.58 Å². The second-order valence-corrected chi connectivity index (χ2v) is 6.92. The normalized spacial score (nSPS) is 10.8. The van der Waals surface area contributed by atoms with Crippen molar-refractivity contribution in [2.24, 2.45) is 0 Å². The maximum Gasteiger partial charge on any atom is 0.310 e. The molecule has 0 atom stereocenters. The van der Waals surface area contributed by atoms with Crippen LogP contribution in [0.25, 0.3) is 11.0 Å². The molecule has 0 unspecified atom stereocenters.